The van der Waals surface area contributed by atoms with Crippen LogP contribution in [0, 0.1) is 0 Å². The fourth-order valence-corrected chi connectivity index (χ4v) is 2.97. The number of hydrogen-bond acceptors (Lipinski definition) is 2. The maximum atomic E-state index is 12.7. The Hall–Kier alpha value is -2.66. The summed E-state index contributed by atoms with van der Waals surface area (Å²) in [6, 6.07) is 19.1. The predicted molar refractivity (Wildman–Crippen MR) is 103 cm³/mol. The van der Waals surface area contributed by atoms with E-state index >= 15 is 0 Å². The first-order chi connectivity index (χ1) is 12.5. The van der Waals surface area contributed by atoms with E-state index in [0.717, 1.165) is 17.7 Å². The molecule has 0 bridgehead atoms. The van der Waals surface area contributed by atoms with Gasteiger partial charge in [-0.3, -0.25) is 9.59 Å². The van der Waals surface area contributed by atoms with Gasteiger partial charge in [-0.2, -0.15) is 0 Å². The van der Waals surface area contributed by atoms with Crippen molar-refractivity contribution in [2.24, 2.45) is 0 Å². The van der Waals surface area contributed by atoms with Gasteiger partial charge in [0.2, 0.25) is 11.8 Å². The topological polar surface area (TPSA) is 62.6 Å². The molecule has 2 aromatic rings. The van der Waals surface area contributed by atoms with Crippen molar-refractivity contribution in [2.75, 3.05) is 20.6 Å². The van der Waals surface area contributed by atoms with E-state index in [1.165, 1.54) is 11.8 Å². The monoisotopic (exact) mass is 354 g/mol. The van der Waals surface area contributed by atoms with Gasteiger partial charge in [0.1, 0.15) is 12.6 Å². The van der Waals surface area contributed by atoms with Crippen molar-refractivity contribution >= 4 is 11.8 Å². The predicted octanol–water partition coefficient (Wildman–Crippen LogP) is 1.26. The van der Waals surface area contributed by atoms with Crippen molar-refractivity contribution in [3.8, 4) is 0 Å². The van der Waals surface area contributed by atoms with Gasteiger partial charge in [0.05, 0.1) is 26.6 Å². The van der Waals surface area contributed by atoms with Gasteiger partial charge >= 0.3 is 0 Å². The van der Waals surface area contributed by atoms with Crippen LogP contribution in [0.2, 0.25) is 0 Å². The molecular formula is C21H28N3O2+. The minimum Gasteiger partial charge on any atom is -0.349 e. The van der Waals surface area contributed by atoms with Gasteiger partial charge in [-0.15, -0.1) is 0 Å². The molecule has 0 saturated carbocycles. The Balaban J connectivity index is 2.10. The quantitative estimate of drug-likeness (QED) is 0.668. The summed E-state index contributed by atoms with van der Waals surface area (Å²) in [4.78, 5) is 25.5. The van der Waals surface area contributed by atoms with E-state index < -0.39 is 0 Å². The highest BCUT2D eigenvalue weighted by Crippen LogP contribution is 2.18. The largest absolute Gasteiger partial charge is 0.349 e. The van der Waals surface area contributed by atoms with Gasteiger partial charge in [-0.25, -0.2) is 0 Å². The zero-order valence-electron chi connectivity index (χ0n) is 15.7. The molecule has 0 aliphatic carbocycles. The van der Waals surface area contributed by atoms with Crippen molar-refractivity contribution in [1.29, 1.82) is 0 Å². The zero-order valence-corrected chi connectivity index (χ0v) is 15.7. The van der Waals surface area contributed by atoms with Crippen LogP contribution in [0.3, 0.4) is 0 Å². The van der Waals surface area contributed by atoms with Gasteiger partial charge in [-0.1, -0.05) is 60.7 Å². The first-order valence-electron chi connectivity index (χ1n) is 8.91. The maximum absolute atomic E-state index is 12.7. The Bertz CT molecular complexity index is 702. The van der Waals surface area contributed by atoms with Crippen LogP contribution in [0.1, 0.15) is 36.6 Å². The summed E-state index contributed by atoms with van der Waals surface area (Å²) in [7, 11) is 4.12. The third-order valence-corrected chi connectivity index (χ3v) is 4.12. The van der Waals surface area contributed by atoms with Gasteiger partial charge in [0, 0.05) is 6.92 Å². The van der Waals surface area contributed by atoms with E-state index in [1.807, 2.05) is 60.7 Å². The third kappa shape index (κ3) is 6.33. The van der Waals surface area contributed by atoms with Gasteiger partial charge in [0.25, 0.3) is 0 Å². The smallest absolute Gasteiger partial charge is 0.223 e. The minimum absolute atomic E-state index is 0.0672. The average Bonchev–Trinajstić information content (AvgIpc) is 2.61. The summed E-state index contributed by atoms with van der Waals surface area (Å²) in [6.07, 6.45) is 0.204. The molecule has 5 heteroatoms. The van der Waals surface area contributed by atoms with Crippen molar-refractivity contribution in [1.82, 2.24) is 10.6 Å². The second kappa shape index (κ2) is 9.73. The van der Waals surface area contributed by atoms with Crippen molar-refractivity contribution in [2.45, 2.75) is 25.4 Å². The second-order valence-corrected chi connectivity index (χ2v) is 6.81. The molecule has 2 rings (SSSR count). The number of amides is 2. The molecule has 5 nitrogen and oxygen atoms in total. The Morgan fingerprint density at radius 3 is 1.81 bits per heavy atom. The number of carbonyl (C=O) groups excluding carboxylic acids is 2. The van der Waals surface area contributed by atoms with E-state index in [1.54, 1.807) is 0 Å². The Kier molecular flexibility index (Phi) is 7.36. The maximum Gasteiger partial charge on any atom is 0.223 e. The number of quaternary nitrogens is 1. The van der Waals surface area contributed by atoms with Gasteiger partial charge in [0.15, 0.2) is 0 Å². The molecule has 26 heavy (non-hydrogen) atoms. The van der Waals surface area contributed by atoms with Crippen molar-refractivity contribution < 1.29 is 14.5 Å². The fourth-order valence-electron chi connectivity index (χ4n) is 2.97. The summed E-state index contributed by atoms with van der Waals surface area (Å²) in [5, 5.41) is 6.00. The molecule has 0 heterocycles. The molecule has 0 saturated heterocycles. The van der Waals surface area contributed by atoms with Crippen molar-refractivity contribution in [3.63, 3.8) is 0 Å². The zero-order chi connectivity index (χ0) is 18.9. The lowest BCUT2D eigenvalue weighted by atomic mass is 10.0. The SMILES string of the molecule is CC(=O)N[C@H](CC(=O)N[C@H](C[NH+](C)C)c1ccccc1)c1ccccc1. The van der Waals surface area contributed by atoms with Crippen LogP contribution in [0.15, 0.2) is 60.7 Å². The molecule has 0 spiro atoms. The van der Waals surface area contributed by atoms with Gasteiger partial charge < -0.3 is 15.5 Å². The van der Waals surface area contributed by atoms with Crippen molar-refractivity contribution in [3.05, 3.63) is 71.8 Å². The lowest BCUT2D eigenvalue weighted by Gasteiger charge is -2.23. The molecule has 138 valence electrons. The summed E-state index contributed by atoms with van der Waals surface area (Å²) in [5.41, 5.74) is 2.00. The Morgan fingerprint density at radius 2 is 1.35 bits per heavy atom. The number of nitrogens with one attached hydrogen (secondary N) is 3. The second-order valence-electron chi connectivity index (χ2n) is 6.81. The van der Waals surface area contributed by atoms with Crippen LogP contribution in [-0.4, -0.2) is 32.5 Å². The lowest BCUT2D eigenvalue weighted by Crippen LogP contribution is -3.06. The van der Waals surface area contributed by atoms with E-state index in [2.05, 4.69) is 24.7 Å². The summed E-state index contributed by atoms with van der Waals surface area (Å²) < 4.78 is 0. The Morgan fingerprint density at radius 1 is 0.846 bits per heavy atom. The Labute approximate surface area is 155 Å². The van der Waals surface area contributed by atoms with E-state index in [-0.39, 0.29) is 30.3 Å². The molecule has 0 unspecified atom stereocenters. The summed E-state index contributed by atoms with van der Waals surface area (Å²) >= 11 is 0. The van der Waals surface area contributed by atoms with E-state index in [9.17, 15) is 9.59 Å². The number of hydrogen-bond donors (Lipinski definition) is 3. The average molecular weight is 354 g/mol. The van der Waals surface area contributed by atoms with Crippen LogP contribution in [0.25, 0.3) is 0 Å². The first kappa shape index (κ1) is 19.7. The van der Waals surface area contributed by atoms with Gasteiger partial charge in [-0.05, 0) is 11.1 Å². The molecule has 0 aromatic heterocycles. The lowest BCUT2D eigenvalue weighted by molar-refractivity contribution is -0.860. The molecule has 0 aliphatic heterocycles. The molecule has 2 atom stereocenters. The summed E-state index contributed by atoms with van der Waals surface area (Å²) in [6.45, 7) is 2.25. The number of carbonyl (C=O) groups is 2. The van der Waals surface area contributed by atoms with E-state index in [4.69, 9.17) is 0 Å². The molecular weight excluding hydrogens is 326 g/mol. The number of rotatable bonds is 8. The van der Waals surface area contributed by atoms with Crippen LogP contribution in [0.5, 0.6) is 0 Å². The highest BCUT2D eigenvalue weighted by molar-refractivity contribution is 5.79. The minimum atomic E-state index is -0.336. The highest BCUT2D eigenvalue weighted by Gasteiger charge is 2.21. The van der Waals surface area contributed by atoms with E-state index in [0.29, 0.717) is 0 Å². The fraction of sp³-hybridized carbons (Fsp3) is 0.333. The molecule has 2 aromatic carbocycles. The third-order valence-electron chi connectivity index (χ3n) is 4.12. The molecule has 2 amide bonds. The molecule has 3 N–H and O–H groups in total. The highest BCUT2D eigenvalue weighted by atomic mass is 16.2. The van der Waals surface area contributed by atoms with Crippen LogP contribution < -0.4 is 15.5 Å². The molecule has 0 aliphatic rings. The standard InChI is InChI=1S/C21H27N3O2/c1-16(25)22-19(17-10-6-4-7-11-17)14-21(26)23-20(15-24(2)3)18-12-8-5-9-13-18/h4-13,19-20H,14-15H2,1-3H3,(H,22,25)(H,23,26)/p+1/t19-,20-/m1/s1. The van der Waals surface area contributed by atoms with Crippen LogP contribution in [-0.2, 0) is 9.59 Å². The molecule has 0 fully saturated rings. The first-order valence-corrected chi connectivity index (χ1v) is 8.91. The summed E-state index contributed by atoms with van der Waals surface area (Å²) in [5.74, 6) is -0.230. The number of benzene rings is 2. The van der Waals surface area contributed by atoms with Crippen LogP contribution in [0.4, 0.5) is 0 Å². The normalized spacial score (nSPS) is 13.1. The molecule has 0 radical (unpaired) electrons. The number of likely N-dealkylation sites (N-methyl/N-ethyl adjacent to an activating group) is 1. The van der Waals surface area contributed by atoms with Crippen LogP contribution >= 0.6 is 0 Å².